The Morgan fingerprint density at radius 3 is 1.50 bits per heavy atom. The van der Waals surface area contributed by atoms with Crippen molar-refractivity contribution in [1.29, 1.82) is 0 Å². The Kier molecular flexibility index (Phi) is 2.71. The molecule has 0 unspecified atom stereocenters. The van der Waals surface area contributed by atoms with Crippen molar-refractivity contribution in [2.24, 2.45) is 22.7 Å². The summed E-state index contributed by atoms with van der Waals surface area (Å²) in [6.45, 7) is 9.72. The number of aromatic nitrogens is 2. The molecule has 0 radical (unpaired) electrons. The molecule has 4 bridgehead atoms. The second-order valence-electron chi connectivity index (χ2n) is 10.5. The van der Waals surface area contributed by atoms with E-state index in [-0.39, 0.29) is 0 Å². The van der Waals surface area contributed by atoms with Gasteiger partial charge in [0.15, 0.2) is 0 Å². The molecule has 0 aromatic carbocycles. The van der Waals surface area contributed by atoms with Crippen molar-refractivity contribution < 1.29 is 0 Å². The van der Waals surface area contributed by atoms with E-state index in [1.165, 1.54) is 35.4 Å². The van der Waals surface area contributed by atoms with Crippen molar-refractivity contribution in [3.8, 4) is 11.4 Å². The maximum atomic E-state index is 5.08. The first-order chi connectivity index (χ1) is 12.4. The fourth-order valence-electron chi connectivity index (χ4n) is 6.52. The van der Waals surface area contributed by atoms with E-state index in [1.54, 1.807) is 0 Å². The third-order valence-corrected chi connectivity index (χ3v) is 8.85. The number of hydrogen-bond acceptors (Lipinski definition) is 2. The van der Waals surface area contributed by atoms with Crippen molar-refractivity contribution in [3.63, 3.8) is 0 Å². The minimum atomic E-state index is 0.466. The highest BCUT2D eigenvalue weighted by Crippen LogP contribution is 2.63. The van der Waals surface area contributed by atoms with Crippen LogP contribution in [0, 0.1) is 22.7 Å². The van der Waals surface area contributed by atoms with Crippen molar-refractivity contribution in [1.82, 2.24) is 9.97 Å². The Hall–Kier alpha value is -1.70. The Balaban J connectivity index is 1.37. The van der Waals surface area contributed by atoms with Gasteiger partial charge in [-0.05, 0) is 83.4 Å². The third kappa shape index (κ3) is 1.74. The molecule has 134 valence electrons. The van der Waals surface area contributed by atoms with Gasteiger partial charge in [0.25, 0.3) is 0 Å². The topological polar surface area (TPSA) is 25.8 Å². The van der Waals surface area contributed by atoms with E-state index in [4.69, 9.17) is 9.97 Å². The second-order valence-corrected chi connectivity index (χ2v) is 10.5. The highest BCUT2D eigenvalue weighted by molar-refractivity contribution is 5.58. The Morgan fingerprint density at radius 2 is 1.12 bits per heavy atom. The largest absolute Gasteiger partial charge is 0.251 e. The first-order valence-corrected chi connectivity index (χ1v) is 10.4. The second kappa shape index (κ2) is 4.58. The van der Waals surface area contributed by atoms with Gasteiger partial charge in [0.05, 0.1) is 11.4 Å². The summed E-state index contributed by atoms with van der Waals surface area (Å²) in [5.41, 5.74) is 8.76. The van der Waals surface area contributed by atoms with E-state index in [1.807, 2.05) is 0 Å². The Bertz CT molecular complexity index is 862. The zero-order valence-corrected chi connectivity index (χ0v) is 16.3. The van der Waals surface area contributed by atoms with Crippen LogP contribution in [0.2, 0.25) is 0 Å². The van der Waals surface area contributed by atoms with Crippen molar-refractivity contribution in [2.45, 2.75) is 65.2 Å². The first-order valence-electron chi connectivity index (χ1n) is 10.4. The van der Waals surface area contributed by atoms with Gasteiger partial charge in [-0.3, -0.25) is 9.97 Å². The Morgan fingerprint density at radius 1 is 0.692 bits per heavy atom. The van der Waals surface area contributed by atoms with Crippen LogP contribution in [-0.2, 0) is 12.8 Å². The highest BCUT2D eigenvalue weighted by atomic mass is 14.8. The normalized spacial score (nSPS) is 34.2. The van der Waals surface area contributed by atoms with E-state index < -0.39 is 0 Å². The van der Waals surface area contributed by atoms with E-state index in [9.17, 15) is 0 Å². The van der Waals surface area contributed by atoms with Crippen LogP contribution in [0.1, 0.15) is 74.9 Å². The van der Waals surface area contributed by atoms with Gasteiger partial charge in [-0.15, -0.1) is 0 Å². The molecule has 2 fully saturated rings. The molecule has 0 aliphatic heterocycles. The number of pyridine rings is 2. The standard InChI is InChI=1S/C24H28N2/c1-23(2)13-9-17(23)15-5-7-19(25-21(15)11-13)20-8-6-16-18-10-14(24(18,3)4)12-22(16)26-20/h5-8,13-14,17-18H,9-12H2,1-4H3/t13-,14-,17+,18+/m0/s1. The summed E-state index contributed by atoms with van der Waals surface area (Å²) < 4.78 is 0. The van der Waals surface area contributed by atoms with Crippen LogP contribution in [0.5, 0.6) is 0 Å². The summed E-state index contributed by atoms with van der Waals surface area (Å²) in [4.78, 5) is 10.2. The molecule has 6 aliphatic carbocycles. The first kappa shape index (κ1) is 15.4. The molecule has 0 spiro atoms. The predicted octanol–water partition coefficient (Wildman–Crippen LogP) is 5.52. The number of nitrogens with zero attached hydrogens (tertiary/aromatic N) is 2. The van der Waals surface area contributed by atoms with Crippen LogP contribution >= 0.6 is 0 Å². The van der Waals surface area contributed by atoms with E-state index in [0.29, 0.717) is 22.7 Å². The monoisotopic (exact) mass is 344 g/mol. The quantitative estimate of drug-likeness (QED) is 0.681. The molecule has 4 atom stereocenters. The number of hydrogen-bond donors (Lipinski definition) is 0. The van der Waals surface area contributed by atoms with Crippen LogP contribution in [0.3, 0.4) is 0 Å². The molecule has 0 saturated heterocycles. The van der Waals surface area contributed by atoms with E-state index in [2.05, 4.69) is 52.0 Å². The molecule has 2 saturated carbocycles. The molecule has 2 nitrogen and oxygen atoms in total. The van der Waals surface area contributed by atoms with Crippen LogP contribution < -0.4 is 0 Å². The van der Waals surface area contributed by atoms with Gasteiger partial charge in [-0.2, -0.15) is 0 Å². The zero-order chi connectivity index (χ0) is 17.8. The van der Waals surface area contributed by atoms with Crippen LogP contribution in [0.4, 0.5) is 0 Å². The summed E-state index contributed by atoms with van der Waals surface area (Å²) in [5.74, 6) is 3.05. The predicted molar refractivity (Wildman–Crippen MR) is 104 cm³/mol. The molecule has 2 heteroatoms. The average Bonchev–Trinajstić information content (AvgIpc) is 2.65. The van der Waals surface area contributed by atoms with Gasteiger partial charge >= 0.3 is 0 Å². The molecule has 0 N–H and O–H groups in total. The smallest absolute Gasteiger partial charge is 0.0889 e. The Labute approximate surface area is 156 Å². The van der Waals surface area contributed by atoms with Gasteiger partial charge < -0.3 is 0 Å². The molecule has 6 aliphatic rings. The van der Waals surface area contributed by atoms with Crippen LogP contribution in [0.15, 0.2) is 24.3 Å². The van der Waals surface area contributed by atoms with Gasteiger partial charge in [0.1, 0.15) is 0 Å². The summed E-state index contributed by atoms with van der Waals surface area (Å²) >= 11 is 0. The minimum Gasteiger partial charge on any atom is -0.251 e. The fraction of sp³-hybridized carbons (Fsp3) is 0.583. The van der Waals surface area contributed by atoms with Gasteiger partial charge in [-0.25, -0.2) is 0 Å². The fourth-order valence-corrected chi connectivity index (χ4v) is 6.52. The lowest BCUT2D eigenvalue weighted by Gasteiger charge is -2.57. The molecular weight excluding hydrogens is 316 g/mol. The summed E-state index contributed by atoms with van der Waals surface area (Å²) in [5, 5.41) is 0. The summed E-state index contributed by atoms with van der Waals surface area (Å²) in [7, 11) is 0. The summed E-state index contributed by atoms with van der Waals surface area (Å²) in [6, 6.07) is 9.13. The molecule has 2 heterocycles. The molecule has 0 amide bonds. The van der Waals surface area contributed by atoms with Gasteiger partial charge in [-0.1, -0.05) is 39.8 Å². The lowest BCUT2D eigenvalue weighted by atomic mass is 9.48. The maximum absolute atomic E-state index is 5.08. The molecule has 2 aromatic rings. The lowest BCUT2D eigenvalue weighted by molar-refractivity contribution is 0.0168. The molecule has 2 aromatic heterocycles. The van der Waals surface area contributed by atoms with E-state index in [0.717, 1.165) is 36.1 Å². The average molecular weight is 345 g/mol. The van der Waals surface area contributed by atoms with Crippen LogP contribution in [0.25, 0.3) is 11.4 Å². The third-order valence-electron chi connectivity index (χ3n) is 8.85. The maximum Gasteiger partial charge on any atom is 0.0889 e. The minimum absolute atomic E-state index is 0.466. The van der Waals surface area contributed by atoms with Crippen molar-refractivity contribution >= 4 is 0 Å². The highest BCUT2D eigenvalue weighted by Gasteiger charge is 2.53. The molecular formula is C24H28N2. The molecule has 8 rings (SSSR count). The molecule has 26 heavy (non-hydrogen) atoms. The SMILES string of the molecule is CC1(C)[C@@H]2Cc3nc(-c4ccc5c(n4)C[C@@H]4C[C@H]5C4(C)C)ccc3[C@H]1C2. The van der Waals surface area contributed by atoms with Crippen LogP contribution in [-0.4, -0.2) is 9.97 Å². The van der Waals surface area contributed by atoms with E-state index >= 15 is 0 Å². The van der Waals surface area contributed by atoms with Gasteiger partial charge in [0.2, 0.25) is 0 Å². The lowest BCUT2D eigenvalue weighted by Crippen LogP contribution is -2.48. The zero-order valence-electron chi connectivity index (χ0n) is 16.3. The number of rotatable bonds is 1. The van der Waals surface area contributed by atoms with Crippen molar-refractivity contribution in [2.75, 3.05) is 0 Å². The summed E-state index contributed by atoms with van der Waals surface area (Å²) in [6.07, 6.45) is 5.01. The van der Waals surface area contributed by atoms with Crippen molar-refractivity contribution in [3.05, 3.63) is 46.8 Å². The van der Waals surface area contributed by atoms with Gasteiger partial charge in [0, 0.05) is 11.4 Å².